The summed E-state index contributed by atoms with van der Waals surface area (Å²) in [6, 6.07) is 12.7. The molecule has 0 bridgehead atoms. The van der Waals surface area contributed by atoms with E-state index in [-0.39, 0.29) is 35.0 Å². The van der Waals surface area contributed by atoms with Gasteiger partial charge in [-0.05, 0) is 43.5 Å². The van der Waals surface area contributed by atoms with E-state index in [1.807, 2.05) is 56.3 Å². The van der Waals surface area contributed by atoms with Gasteiger partial charge in [0.2, 0.25) is 11.7 Å². The zero-order valence-corrected chi connectivity index (χ0v) is 23.1. The van der Waals surface area contributed by atoms with Crippen LogP contribution in [0.25, 0.3) is 22.2 Å². The highest BCUT2D eigenvalue weighted by Gasteiger charge is 2.25. The number of aliphatic imine (C=N–C) groups is 1. The summed E-state index contributed by atoms with van der Waals surface area (Å²) in [5.41, 5.74) is 11.4. The fraction of sp³-hybridized carbons (Fsp3) is 0.286. The number of nitrogens with zero attached hydrogens (tertiary/aromatic N) is 4. The van der Waals surface area contributed by atoms with Crippen molar-refractivity contribution < 1.29 is 9.59 Å². The molecule has 0 radical (unpaired) electrons. The molecule has 4 aromatic rings. The van der Waals surface area contributed by atoms with Gasteiger partial charge in [0.05, 0.1) is 12.2 Å². The minimum absolute atomic E-state index is 0.0196. The summed E-state index contributed by atoms with van der Waals surface area (Å²) in [5, 5.41) is 9.89. The lowest BCUT2D eigenvalue weighted by atomic mass is 10.1. The Kier molecular flexibility index (Phi) is 9.23. The van der Waals surface area contributed by atoms with Crippen molar-refractivity contribution in [2.45, 2.75) is 45.3 Å². The Balaban J connectivity index is 1.64. The van der Waals surface area contributed by atoms with E-state index >= 15 is 0 Å². The quantitative estimate of drug-likeness (QED) is 0.0887. The van der Waals surface area contributed by atoms with E-state index in [9.17, 15) is 14.4 Å². The number of nitrogens with one attached hydrogen (secondary N) is 2. The van der Waals surface area contributed by atoms with Crippen molar-refractivity contribution in [2.75, 3.05) is 11.9 Å². The van der Waals surface area contributed by atoms with E-state index in [1.54, 1.807) is 5.38 Å². The molecule has 0 saturated carbocycles. The molecule has 6 N–H and O–H groups in total. The minimum atomic E-state index is -0.863. The number of carbonyl (C=O) groups is 2. The van der Waals surface area contributed by atoms with Crippen LogP contribution in [0.2, 0.25) is 0 Å². The standard InChI is InChI=1S/C28H32N8O3S/c1-17(2)34-22-15-33-25(20-10-9-18-6-3-4-7-19(18)14-20)36(27(22)39)16-23(37)35-21(8-5-11-32-28(29)30)24(38)26-31-12-13-40-26/h3-4,6-7,9-10,12-15,17,21,34H,5,8,11,16H2,1-2H3,(H,35,37)(H4,29,30,32)/t21-/m0/s1. The van der Waals surface area contributed by atoms with E-state index in [0.29, 0.717) is 30.8 Å². The molecule has 0 saturated heterocycles. The number of anilines is 1. The maximum Gasteiger partial charge on any atom is 0.277 e. The normalized spacial score (nSPS) is 11.8. The van der Waals surface area contributed by atoms with Crippen molar-refractivity contribution >= 4 is 45.4 Å². The molecule has 4 rings (SSSR count). The number of rotatable bonds is 12. The zero-order valence-electron chi connectivity index (χ0n) is 22.3. The topological polar surface area (TPSA) is 170 Å². The van der Waals surface area contributed by atoms with Crippen LogP contribution in [0.5, 0.6) is 0 Å². The lowest BCUT2D eigenvalue weighted by Gasteiger charge is -2.19. The molecule has 0 spiro atoms. The maximum atomic E-state index is 13.5. The molecule has 208 valence electrons. The number of fused-ring (bicyclic) bond motifs is 1. The van der Waals surface area contributed by atoms with Gasteiger partial charge in [-0.3, -0.25) is 23.9 Å². The third-order valence-electron chi connectivity index (χ3n) is 6.04. The van der Waals surface area contributed by atoms with E-state index in [0.717, 1.165) is 10.8 Å². The van der Waals surface area contributed by atoms with Gasteiger partial charge in [-0.15, -0.1) is 11.3 Å². The largest absolute Gasteiger partial charge is 0.377 e. The molecule has 2 aromatic heterocycles. The molecular formula is C28H32N8O3S. The summed E-state index contributed by atoms with van der Waals surface area (Å²) in [6.45, 7) is 3.78. The highest BCUT2D eigenvalue weighted by atomic mass is 32.1. The summed E-state index contributed by atoms with van der Waals surface area (Å²) in [7, 11) is 0. The van der Waals surface area contributed by atoms with Crippen LogP contribution in [0.15, 0.2) is 70.0 Å². The van der Waals surface area contributed by atoms with Crippen molar-refractivity contribution in [1.82, 2.24) is 19.9 Å². The van der Waals surface area contributed by atoms with Gasteiger partial charge in [0, 0.05) is 29.7 Å². The van der Waals surface area contributed by atoms with E-state index < -0.39 is 17.5 Å². The predicted molar refractivity (Wildman–Crippen MR) is 158 cm³/mol. The van der Waals surface area contributed by atoms with Gasteiger partial charge >= 0.3 is 0 Å². The molecule has 12 heteroatoms. The Hall–Kier alpha value is -4.58. The van der Waals surface area contributed by atoms with Gasteiger partial charge in [-0.1, -0.05) is 36.4 Å². The number of hydrogen-bond donors (Lipinski definition) is 4. The average molecular weight is 561 g/mol. The van der Waals surface area contributed by atoms with Crippen molar-refractivity contribution in [3.8, 4) is 11.4 Å². The Bertz CT molecular complexity index is 1580. The molecule has 40 heavy (non-hydrogen) atoms. The SMILES string of the molecule is CC(C)Nc1cnc(-c2ccc3ccccc3c2)n(CC(=O)N[C@@H](CCCN=C(N)N)C(=O)c2nccs2)c1=O. The van der Waals surface area contributed by atoms with Crippen LogP contribution in [-0.4, -0.2) is 50.8 Å². The van der Waals surface area contributed by atoms with Gasteiger partial charge in [0.25, 0.3) is 5.56 Å². The van der Waals surface area contributed by atoms with Crippen LogP contribution in [0, 0.1) is 0 Å². The first-order valence-corrected chi connectivity index (χ1v) is 13.7. The van der Waals surface area contributed by atoms with E-state index in [2.05, 4.69) is 25.6 Å². The van der Waals surface area contributed by atoms with Crippen molar-refractivity contribution in [3.05, 3.63) is 75.6 Å². The Labute approximate surface area is 235 Å². The molecule has 0 fully saturated rings. The number of guanidine groups is 1. The second kappa shape index (κ2) is 13.0. The molecule has 0 aliphatic heterocycles. The van der Waals surface area contributed by atoms with Gasteiger partial charge < -0.3 is 22.1 Å². The second-order valence-corrected chi connectivity index (χ2v) is 10.4. The number of Topliss-reactive ketones (excluding diaryl/α,β-unsaturated/α-hetero) is 1. The highest BCUT2D eigenvalue weighted by molar-refractivity contribution is 7.11. The van der Waals surface area contributed by atoms with E-state index in [1.165, 1.54) is 28.3 Å². The second-order valence-electron chi connectivity index (χ2n) is 9.52. The fourth-order valence-electron chi connectivity index (χ4n) is 4.26. The monoisotopic (exact) mass is 560 g/mol. The summed E-state index contributed by atoms with van der Waals surface area (Å²) < 4.78 is 1.33. The van der Waals surface area contributed by atoms with Crippen LogP contribution < -0.4 is 27.7 Å². The molecule has 2 aromatic carbocycles. The minimum Gasteiger partial charge on any atom is -0.377 e. The summed E-state index contributed by atoms with van der Waals surface area (Å²) in [5.74, 6) is -0.529. The van der Waals surface area contributed by atoms with Gasteiger partial charge in [0.15, 0.2) is 11.0 Å². The summed E-state index contributed by atoms with van der Waals surface area (Å²) >= 11 is 1.19. The van der Waals surface area contributed by atoms with Crippen LogP contribution in [0.1, 0.15) is 36.5 Å². The number of hydrogen-bond acceptors (Lipinski definition) is 8. The smallest absolute Gasteiger partial charge is 0.277 e. The lowest BCUT2D eigenvalue weighted by molar-refractivity contribution is -0.122. The van der Waals surface area contributed by atoms with Crippen LogP contribution in [0.4, 0.5) is 5.69 Å². The average Bonchev–Trinajstić information content (AvgIpc) is 3.47. The zero-order chi connectivity index (χ0) is 28.6. The lowest BCUT2D eigenvalue weighted by Crippen LogP contribution is -2.44. The fourth-order valence-corrected chi connectivity index (χ4v) is 4.89. The first kappa shape index (κ1) is 28.4. The first-order valence-electron chi connectivity index (χ1n) is 12.9. The van der Waals surface area contributed by atoms with Gasteiger partial charge in [-0.25, -0.2) is 9.97 Å². The third kappa shape index (κ3) is 7.08. The van der Waals surface area contributed by atoms with Crippen molar-refractivity contribution in [3.63, 3.8) is 0 Å². The number of benzene rings is 2. The van der Waals surface area contributed by atoms with Gasteiger partial charge in [-0.2, -0.15) is 0 Å². The molecular weight excluding hydrogens is 528 g/mol. The first-order chi connectivity index (χ1) is 19.2. The Morgan fingerprint density at radius 1 is 1.10 bits per heavy atom. The highest BCUT2D eigenvalue weighted by Crippen LogP contribution is 2.23. The summed E-state index contributed by atoms with van der Waals surface area (Å²) in [6.07, 6.45) is 3.77. The van der Waals surface area contributed by atoms with Crippen molar-refractivity contribution in [2.24, 2.45) is 16.5 Å². The van der Waals surface area contributed by atoms with Crippen LogP contribution in [0.3, 0.4) is 0 Å². The molecule has 1 atom stereocenters. The van der Waals surface area contributed by atoms with E-state index in [4.69, 9.17) is 11.5 Å². The third-order valence-corrected chi connectivity index (χ3v) is 6.83. The molecule has 1 amide bonds. The number of amides is 1. The van der Waals surface area contributed by atoms with Crippen molar-refractivity contribution in [1.29, 1.82) is 0 Å². The molecule has 2 heterocycles. The molecule has 0 unspecified atom stereocenters. The maximum absolute atomic E-state index is 13.5. The number of thiazole rings is 1. The predicted octanol–water partition coefficient (Wildman–Crippen LogP) is 2.76. The van der Waals surface area contributed by atoms with Crippen LogP contribution >= 0.6 is 11.3 Å². The number of nitrogens with two attached hydrogens (primary N) is 2. The molecule has 11 nitrogen and oxygen atoms in total. The number of carbonyl (C=O) groups excluding carboxylic acids is 2. The van der Waals surface area contributed by atoms with Crippen LogP contribution in [-0.2, 0) is 11.3 Å². The number of ketones is 1. The Morgan fingerprint density at radius 3 is 2.58 bits per heavy atom. The molecule has 0 aliphatic carbocycles. The summed E-state index contributed by atoms with van der Waals surface area (Å²) in [4.78, 5) is 52.7. The van der Waals surface area contributed by atoms with Gasteiger partial charge in [0.1, 0.15) is 18.1 Å². The molecule has 0 aliphatic rings. The number of aromatic nitrogens is 3. The Morgan fingerprint density at radius 2 is 1.88 bits per heavy atom.